The summed E-state index contributed by atoms with van der Waals surface area (Å²) in [6.07, 6.45) is 2.87. The highest BCUT2D eigenvalue weighted by molar-refractivity contribution is 5.99. The van der Waals surface area contributed by atoms with Gasteiger partial charge in [0.15, 0.2) is 5.92 Å². The molecule has 1 unspecified atom stereocenters. The van der Waals surface area contributed by atoms with Crippen LogP contribution in [-0.2, 0) is 14.3 Å². The van der Waals surface area contributed by atoms with E-state index in [9.17, 15) is 9.59 Å². The van der Waals surface area contributed by atoms with Gasteiger partial charge in [0.05, 0.1) is 6.61 Å². The fourth-order valence-corrected chi connectivity index (χ4v) is 1.16. The molecule has 1 N–H and O–H groups in total. The number of hydrogen-bond acceptors (Lipinski definition) is 4. The summed E-state index contributed by atoms with van der Waals surface area (Å²) >= 11 is 0. The van der Waals surface area contributed by atoms with E-state index in [1.807, 2.05) is 0 Å². The lowest BCUT2D eigenvalue weighted by Crippen LogP contribution is -2.23. The smallest absolute Gasteiger partial charge is 0.324 e. The lowest BCUT2D eigenvalue weighted by atomic mass is 10.0. The maximum absolute atomic E-state index is 11.4. The lowest BCUT2D eigenvalue weighted by molar-refractivity contribution is -0.153. The molecule has 1 heterocycles. The van der Waals surface area contributed by atoms with E-state index in [-0.39, 0.29) is 6.61 Å². The first-order valence-electron chi connectivity index (χ1n) is 4.46. The Hall–Kier alpha value is -1.91. The van der Waals surface area contributed by atoms with Crippen molar-refractivity contribution in [2.75, 3.05) is 6.61 Å². The summed E-state index contributed by atoms with van der Waals surface area (Å²) in [5, 5.41) is 8.90. The second kappa shape index (κ2) is 5.09. The molecule has 0 radical (unpaired) electrons. The van der Waals surface area contributed by atoms with Gasteiger partial charge in [0.1, 0.15) is 0 Å². The molecule has 0 bridgehead atoms. The van der Waals surface area contributed by atoms with Crippen molar-refractivity contribution in [3.8, 4) is 0 Å². The predicted octanol–water partition coefficient (Wildman–Crippen LogP) is 0.813. The van der Waals surface area contributed by atoms with Gasteiger partial charge in [-0.05, 0) is 24.6 Å². The molecule has 80 valence electrons. The minimum absolute atomic E-state index is 0.160. The van der Waals surface area contributed by atoms with Crippen molar-refractivity contribution >= 4 is 11.9 Å². The first-order chi connectivity index (χ1) is 7.16. The highest BCUT2D eigenvalue weighted by Gasteiger charge is 2.29. The van der Waals surface area contributed by atoms with Crippen molar-refractivity contribution in [3.63, 3.8) is 0 Å². The zero-order chi connectivity index (χ0) is 11.3. The van der Waals surface area contributed by atoms with E-state index >= 15 is 0 Å². The molecule has 0 aromatic carbocycles. The van der Waals surface area contributed by atoms with Gasteiger partial charge >= 0.3 is 11.9 Å². The van der Waals surface area contributed by atoms with E-state index in [4.69, 9.17) is 5.11 Å². The maximum atomic E-state index is 11.4. The standard InChI is InChI=1S/C10H11NO4/c1-2-15-10(14)8(9(12)13)7-3-5-11-6-4-7/h3-6,8H,2H2,1H3,(H,12,13). The Morgan fingerprint density at radius 1 is 1.47 bits per heavy atom. The second-order valence-corrected chi connectivity index (χ2v) is 2.80. The molecule has 0 aliphatic heterocycles. The van der Waals surface area contributed by atoms with Crippen molar-refractivity contribution in [1.29, 1.82) is 0 Å². The first-order valence-corrected chi connectivity index (χ1v) is 4.46. The van der Waals surface area contributed by atoms with Crippen LogP contribution in [0.5, 0.6) is 0 Å². The number of hydrogen-bond donors (Lipinski definition) is 1. The van der Waals surface area contributed by atoms with E-state index in [0.717, 1.165) is 0 Å². The minimum Gasteiger partial charge on any atom is -0.480 e. The predicted molar refractivity (Wildman–Crippen MR) is 51.2 cm³/mol. The van der Waals surface area contributed by atoms with Gasteiger partial charge in [-0.15, -0.1) is 0 Å². The largest absolute Gasteiger partial charge is 0.480 e. The number of carboxylic acids is 1. The molecular weight excluding hydrogens is 198 g/mol. The monoisotopic (exact) mass is 209 g/mol. The van der Waals surface area contributed by atoms with E-state index in [1.54, 1.807) is 6.92 Å². The van der Waals surface area contributed by atoms with Gasteiger partial charge < -0.3 is 9.84 Å². The van der Waals surface area contributed by atoms with E-state index in [2.05, 4.69) is 9.72 Å². The number of carbonyl (C=O) groups excluding carboxylic acids is 1. The number of ether oxygens (including phenoxy) is 1. The van der Waals surface area contributed by atoms with E-state index in [0.29, 0.717) is 5.56 Å². The van der Waals surface area contributed by atoms with Crippen LogP contribution in [0.25, 0.3) is 0 Å². The molecule has 5 heteroatoms. The molecule has 0 saturated carbocycles. The van der Waals surface area contributed by atoms with E-state index in [1.165, 1.54) is 24.5 Å². The Balaban J connectivity index is 2.94. The van der Waals surface area contributed by atoms with Gasteiger partial charge in [0.2, 0.25) is 0 Å². The number of nitrogens with zero attached hydrogens (tertiary/aromatic N) is 1. The molecule has 15 heavy (non-hydrogen) atoms. The van der Waals surface area contributed by atoms with Gasteiger partial charge in [0.25, 0.3) is 0 Å². The zero-order valence-electron chi connectivity index (χ0n) is 8.21. The SMILES string of the molecule is CCOC(=O)C(C(=O)O)c1ccncc1. The summed E-state index contributed by atoms with van der Waals surface area (Å²) < 4.78 is 4.68. The van der Waals surface area contributed by atoms with Gasteiger partial charge in [-0.25, -0.2) is 0 Å². The van der Waals surface area contributed by atoms with Crippen LogP contribution in [0.3, 0.4) is 0 Å². The quantitative estimate of drug-likeness (QED) is 0.586. The molecular formula is C10H11NO4. The van der Waals surface area contributed by atoms with Gasteiger partial charge in [-0.2, -0.15) is 0 Å². The van der Waals surface area contributed by atoms with Crippen molar-refractivity contribution < 1.29 is 19.4 Å². The summed E-state index contributed by atoms with van der Waals surface area (Å²) in [5.41, 5.74) is 0.371. The average Bonchev–Trinajstić information content (AvgIpc) is 2.19. The number of pyridine rings is 1. The number of aromatic nitrogens is 1. The van der Waals surface area contributed by atoms with Crippen molar-refractivity contribution in [2.45, 2.75) is 12.8 Å². The zero-order valence-corrected chi connectivity index (χ0v) is 8.21. The average molecular weight is 209 g/mol. The van der Waals surface area contributed by atoms with Crippen molar-refractivity contribution in [1.82, 2.24) is 4.98 Å². The topological polar surface area (TPSA) is 76.5 Å². The highest BCUT2D eigenvalue weighted by Crippen LogP contribution is 2.16. The van der Waals surface area contributed by atoms with Crippen LogP contribution < -0.4 is 0 Å². The van der Waals surface area contributed by atoms with Crippen LogP contribution in [-0.4, -0.2) is 28.6 Å². The Morgan fingerprint density at radius 3 is 2.53 bits per heavy atom. The fraction of sp³-hybridized carbons (Fsp3) is 0.300. The van der Waals surface area contributed by atoms with Crippen LogP contribution >= 0.6 is 0 Å². The molecule has 1 aromatic rings. The molecule has 1 rings (SSSR count). The molecule has 0 aliphatic carbocycles. The van der Waals surface area contributed by atoms with Gasteiger partial charge in [0, 0.05) is 12.4 Å². The summed E-state index contributed by atoms with van der Waals surface area (Å²) in [5.74, 6) is -3.25. The fourth-order valence-electron chi connectivity index (χ4n) is 1.16. The summed E-state index contributed by atoms with van der Waals surface area (Å²) in [6.45, 7) is 1.79. The van der Waals surface area contributed by atoms with Crippen LogP contribution in [0.1, 0.15) is 18.4 Å². The molecule has 0 saturated heterocycles. The van der Waals surface area contributed by atoms with Crippen molar-refractivity contribution in [2.24, 2.45) is 0 Å². The normalized spacial score (nSPS) is 11.8. The first kappa shape index (κ1) is 11.2. The second-order valence-electron chi connectivity index (χ2n) is 2.80. The molecule has 0 aliphatic rings. The third-order valence-corrected chi connectivity index (χ3v) is 1.81. The minimum atomic E-state index is -1.27. The Morgan fingerprint density at radius 2 is 2.07 bits per heavy atom. The van der Waals surface area contributed by atoms with Gasteiger partial charge in [-0.3, -0.25) is 14.6 Å². The number of carbonyl (C=O) groups is 2. The highest BCUT2D eigenvalue weighted by atomic mass is 16.5. The van der Waals surface area contributed by atoms with Crippen LogP contribution in [0.15, 0.2) is 24.5 Å². The maximum Gasteiger partial charge on any atom is 0.324 e. The molecule has 0 amide bonds. The number of aliphatic carboxylic acids is 1. The number of esters is 1. The molecule has 1 aromatic heterocycles. The Kier molecular flexibility index (Phi) is 3.79. The summed E-state index contributed by atoms with van der Waals surface area (Å²) in [7, 11) is 0. The molecule has 0 fully saturated rings. The number of carboxylic acid groups (broad SMARTS) is 1. The van der Waals surface area contributed by atoms with Crippen LogP contribution in [0.4, 0.5) is 0 Å². The van der Waals surface area contributed by atoms with Crippen LogP contribution in [0, 0.1) is 0 Å². The van der Waals surface area contributed by atoms with Gasteiger partial charge in [-0.1, -0.05) is 0 Å². The van der Waals surface area contributed by atoms with E-state index < -0.39 is 17.9 Å². The molecule has 1 atom stereocenters. The van der Waals surface area contributed by atoms with Crippen LogP contribution in [0.2, 0.25) is 0 Å². The summed E-state index contributed by atoms with van der Waals surface area (Å²) in [4.78, 5) is 26.0. The third-order valence-electron chi connectivity index (χ3n) is 1.81. The molecule has 5 nitrogen and oxygen atoms in total. The lowest BCUT2D eigenvalue weighted by Gasteiger charge is -2.10. The Bertz CT molecular complexity index is 350. The Labute approximate surface area is 86.7 Å². The van der Waals surface area contributed by atoms with Crippen molar-refractivity contribution in [3.05, 3.63) is 30.1 Å². The molecule has 0 spiro atoms. The summed E-state index contributed by atoms with van der Waals surface area (Å²) in [6, 6.07) is 2.96. The third kappa shape index (κ3) is 2.77. The number of rotatable bonds is 4.